The van der Waals surface area contributed by atoms with E-state index in [1.54, 1.807) is 53.1 Å². The van der Waals surface area contributed by atoms with Gasteiger partial charge in [-0.15, -0.1) is 11.8 Å². The molecule has 0 spiro atoms. The molecule has 27 heavy (non-hydrogen) atoms. The van der Waals surface area contributed by atoms with Crippen molar-refractivity contribution in [2.24, 2.45) is 0 Å². The molecule has 0 aliphatic carbocycles. The topological polar surface area (TPSA) is 63.7 Å². The van der Waals surface area contributed by atoms with Crippen molar-refractivity contribution in [1.82, 2.24) is 0 Å². The number of ether oxygens (including phenoxy) is 1. The average molecular weight is 383 g/mol. The van der Waals surface area contributed by atoms with Crippen LogP contribution in [0.1, 0.15) is 40.0 Å². The highest BCUT2D eigenvalue weighted by Gasteiger charge is 2.20. The van der Waals surface area contributed by atoms with E-state index in [2.05, 4.69) is 0 Å². The summed E-state index contributed by atoms with van der Waals surface area (Å²) in [6.45, 7) is 0.399. The molecule has 0 radical (unpaired) electrons. The highest BCUT2D eigenvalue weighted by Crippen LogP contribution is 2.21. The Morgan fingerprint density at radius 1 is 1.00 bits per heavy atom. The number of thioether (sulfide) groups is 1. The summed E-state index contributed by atoms with van der Waals surface area (Å²) in [6, 6.07) is 13.9. The number of benzene rings is 2. The largest absolute Gasteiger partial charge is 0.454 e. The number of Topliss-reactive ketones (excluding diaryl/α,β-unsaturated/α-hetero) is 1. The van der Waals surface area contributed by atoms with Crippen LogP contribution in [0.4, 0.5) is 5.69 Å². The summed E-state index contributed by atoms with van der Waals surface area (Å²) in [5.74, 6) is -0.693. The van der Waals surface area contributed by atoms with Crippen molar-refractivity contribution in [2.45, 2.75) is 24.2 Å². The SMILES string of the molecule is CSc1ccc(C(=O)COC(=O)c2ccc(N3CCCCC3=O)cc2)cc1. The van der Waals surface area contributed by atoms with Crippen LogP contribution in [0, 0.1) is 0 Å². The molecule has 1 fully saturated rings. The van der Waals surface area contributed by atoms with E-state index in [1.807, 2.05) is 18.4 Å². The molecule has 6 heteroatoms. The number of hydrogen-bond acceptors (Lipinski definition) is 5. The van der Waals surface area contributed by atoms with Crippen molar-refractivity contribution in [3.8, 4) is 0 Å². The van der Waals surface area contributed by atoms with Crippen LogP contribution in [-0.4, -0.2) is 37.1 Å². The Kier molecular flexibility index (Phi) is 6.29. The summed E-state index contributed by atoms with van der Waals surface area (Å²) < 4.78 is 5.13. The number of nitrogens with zero attached hydrogens (tertiary/aromatic N) is 1. The number of carbonyl (C=O) groups excluding carboxylic acids is 3. The zero-order valence-corrected chi connectivity index (χ0v) is 16.0. The van der Waals surface area contributed by atoms with Crippen LogP contribution >= 0.6 is 11.8 Å². The first-order chi connectivity index (χ1) is 13.1. The van der Waals surface area contributed by atoms with E-state index in [-0.39, 0.29) is 18.3 Å². The molecule has 0 unspecified atom stereocenters. The lowest BCUT2D eigenvalue weighted by Gasteiger charge is -2.26. The van der Waals surface area contributed by atoms with Gasteiger partial charge in [0.25, 0.3) is 0 Å². The molecule has 3 rings (SSSR count). The molecule has 1 aliphatic heterocycles. The van der Waals surface area contributed by atoms with Crippen molar-refractivity contribution >= 4 is 35.1 Å². The number of carbonyl (C=O) groups is 3. The van der Waals surface area contributed by atoms with E-state index in [4.69, 9.17) is 4.74 Å². The number of esters is 1. The van der Waals surface area contributed by atoms with Gasteiger partial charge in [-0.2, -0.15) is 0 Å². The van der Waals surface area contributed by atoms with E-state index in [9.17, 15) is 14.4 Å². The van der Waals surface area contributed by atoms with Gasteiger partial charge in [-0.3, -0.25) is 9.59 Å². The van der Waals surface area contributed by atoms with Gasteiger partial charge in [0, 0.05) is 29.1 Å². The fourth-order valence-electron chi connectivity index (χ4n) is 2.93. The smallest absolute Gasteiger partial charge is 0.338 e. The summed E-state index contributed by atoms with van der Waals surface area (Å²) in [4.78, 5) is 39.1. The third-order valence-corrected chi connectivity index (χ3v) is 5.23. The first-order valence-electron chi connectivity index (χ1n) is 8.83. The van der Waals surface area contributed by atoms with Crippen LogP contribution in [0.25, 0.3) is 0 Å². The van der Waals surface area contributed by atoms with E-state index >= 15 is 0 Å². The van der Waals surface area contributed by atoms with Gasteiger partial charge in [0.05, 0.1) is 5.56 Å². The maximum absolute atomic E-state index is 12.2. The summed E-state index contributed by atoms with van der Waals surface area (Å²) in [5.41, 5.74) is 1.65. The molecular formula is C21H21NO4S. The van der Waals surface area contributed by atoms with Crippen molar-refractivity contribution in [1.29, 1.82) is 0 Å². The van der Waals surface area contributed by atoms with Gasteiger partial charge in [0.15, 0.2) is 12.4 Å². The fraction of sp³-hybridized carbons (Fsp3) is 0.286. The van der Waals surface area contributed by atoms with Crippen molar-refractivity contribution in [3.63, 3.8) is 0 Å². The first kappa shape index (κ1) is 19.2. The van der Waals surface area contributed by atoms with Crippen molar-refractivity contribution in [3.05, 3.63) is 59.7 Å². The van der Waals surface area contributed by atoms with Gasteiger partial charge >= 0.3 is 5.97 Å². The second-order valence-electron chi connectivity index (χ2n) is 6.28. The third kappa shape index (κ3) is 4.77. The zero-order valence-electron chi connectivity index (χ0n) is 15.1. The Bertz CT molecular complexity index is 830. The second kappa shape index (κ2) is 8.86. The van der Waals surface area contributed by atoms with Gasteiger partial charge in [-0.05, 0) is 55.5 Å². The second-order valence-corrected chi connectivity index (χ2v) is 7.16. The van der Waals surface area contributed by atoms with E-state index in [1.165, 1.54) is 0 Å². The molecule has 1 heterocycles. The van der Waals surface area contributed by atoms with Gasteiger partial charge < -0.3 is 9.64 Å². The molecule has 2 aromatic rings. The van der Waals surface area contributed by atoms with Crippen LogP contribution in [0.15, 0.2) is 53.4 Å². The number of anilines is 1. The predicted octanol–water partition coefficient (Wildman–Crippen LogP) is 3.97. The minimum Gasteiger partial charge on any atom is -0.454 e. The predicted molar refractivity (Wildman–Crippen MR) is 105 cm³/mol. The molecule has 1 aliphatic rings. The van der Waals surface area contributed by atoms with Crippen LogP contribution < -0.4 is 4.90 Å². The zero-order chi connectivity index (χ0) is 19.2. The van der Waals surface area contributed by atoms with E-state index in [0.29, 0.717) is 24.1 Å². The van der Waals surface area contributed by atoms with Gasteiger partial charge in [0.1, 0.15) is 0 Å². The molecular weight excluding hydrogens is 362 g/mol. The number of piperidine rings is 1. The molecule has 1 amide bonds. The lowest BCUT2D eigenvalue weighted by molar-refractivity contribution is -0.119. The Balaban J connectivity index is 1.57. The third-order valence-electron chi connectivity index (χ3n) is 4.48. The Morgan fingerprint density at radius 3 is 2.30 bits per heavy atom. The maximum Gasteiger partial charge on any atom is 0.338 e. The molecule has 5 nitrogen and oxygen atoms in total. The summed E-state index contributed by atoms with van der Waals surface area (Å²) >= 11 is 1.59. The lowest BCUT2D eigenvalue weighted by atomic mass is 10.1. The normalized spacial score (nSPS) is 14.1. The Hall–Kier alpha value is -2.60. The molecule has 2 aromatic carbocycles. The minimum atomic E-state index is -0.555. The van der Waals surface area contributed by atoms with Crippen LogP contribution in [0.5, 0.6) is 0 Å². The van der Waals surface area contributed by atoms with Gasteiger partial charge in [0.2, 0.25) is 5.91 Å². The quantitative estimate of drug-likeness (QED) is 0.429. The Morgan fingerprint density at radius 2 is 1.67 bits per heavy atom. The molecule has 0 atom stereocenters. The molecule has 140 valence electrons. The van der Waals surface area contributed by atoms with Crippen molar-refractivity contribution < 1.29 is 19.1 Å². The van der Waals surface area contributed by atoms with Crippen LogP contribution in [0.3, 0.4) is 0 Å². The first-order valence-corrected chi connectivity index (χ1v) is 10.1. The van der Waals surface area contributed by atoms with Crippen LogP contribution in [0.2, 0.25) is 0 Å². The highest BCUT2D eigenvalue weighted by molar-refractivity contribution is 7.98. The average Bonchev–Trinajstić information content (AvgIpc) is 2.72. The molecule has 0 bridgehead atoms. The maximum atomic E-state index is 12.2. The number of hydrogen-bond donors (Lipinski definition) is 0. The number of amides is 1. The molecule has 0 aromatic heterocycles. The number of rotatable bonds is 6. The standard InChI is InChI=1S/C21H21NO4S/c1-27-18-11-7-15(8-12-18)19(23)14-26-21(25)16-5-9-17(10-6-16)22-13-3-2-4-20(22)24/h5-12H,2-4,13-14H2,1H3. The lowest BCUT2D eigenvalue weighted by Crippen LogP contribution is -2.35. The fourth-order valence-corrected chi connectivity index (χ4v) is 3.34. The molecule has 1 saturated heterocycles. The van der Waals surface area contributed by atoms with Crippen LogP contribution in [-0.2, 0) is 9.53 Å². The molecule has 0 N–H and O–H groups in total. The summed E-state index contributed by atoms with van der Waals surface area (Å²) in [7, 11) is 0. The number of ketones is 1. The molecule has 0 saturated carbocycles. The summed E-state index contributed by atoms with van der Waals surface area (Å²) in [6.07, 6.45) is 4.43. The van der Waals surface area contributed by atoms with Gasteiger partial charge in [-0.25, -0.2) is 4.79 Å². The monoisotopic (exact) mass is 383 g/mol. The van der Waals surface area contributed by atoms with E-state index in [0.717, 1.165) is 23.4 Å². The minimum absolute atomic E-state index is 0.106. The van der Waals surface area contributed by atoms with Crippen molar-refractivity contribution in [2.75, 3.05) is 24.3 Å². The summed E-state index contributed by atoms with van der Waals surface area (Å²) in [5, 5.41) is 0. The van der Waals surface area contributed by atoms with Gasteiger partial charge in [-0.1, -0.05) is 12.1 Å². The Labute approximate surface area is 162 Å². The van der Waals surface area contributed by atoms with E-state index < -0.39 is 5.97 Å². The highest BCUT2D eigenvalue weighted by atomic mass is 32.2.